The Morgan fingerprint density at radius 1 is 1.00 bits per heavy atom. The first kappa shape index (κ1) is 22.7. The molecule has 2 heteroatoms. The highest BCUT2D eigenvalue weighted by Crippen LogP contribution is 2.37. The molecule has 0 saturated heterocycles. The van der Waals surface area contributed by atoms with E-state index in [0.29, 0.717) is 25.0 Å². The second kappa shape index (κ2) is 10.7. The van der Waals surface area contributed by atoms with Crippen LogP contribution in [-0.2, 0) is 9.59 Å². The van der Waals surface area contributed by atoms with Crippen LogP contribution in [0, 0.1) is 29.1 Å². The average Bonchev–Trinajstić information content (AvgIpc) is 2.59. The molecular weight excluding hydrogens is 320 g/mol. The number of rotatable bonds is 2. The average molecular weight is 359 g/mol. The molecule has 0 spiro atoms. The maximum absolute atomic E-state index is 13.1. The van der Waals surface area contributed by atoms with Gasteiger partial charge in [-0.15, -0.1) is 12.3 Å². The number of Topliss-reactive ketones (excluding diaryl/α,β-unsaturated/α-hetero) is 2. The van der Waals surface area contributed by atoms with Gasteiger partial charge in [-0.2, -0.15) is 0 Å². The SMILES string of the molecule is C#CCCC1CCCCC/C=C/CCC(C)(C)C(=O)C(C)(C)CCC1=O. The number of ketones is 2. The van der Waals surface area contributed by atoms with Gasteiger partial charge in [-0.3, -0.25) is 9.59 Å². The third-order valence-corrected chi connectivity index (χ3v) is 5.84. The topological polar surface area (TPSA) is 34.1 Å². The molecule has 0 amide bonds. The van der Waals surface area contributed by atoms with Gasteiger partial charge in [0.25, 0.3) is 0 Å². The molecule has 0 heterocycles. The van der Waals surface area contributed by atoms with Crippen LogP contribution in [0.5, 0.6) is 0 Å². The van der Waals surface area contributed by atoms with Gasteiger partial charge in [-0.05, 0) is 44.9 Å². The molecule has 0 aromatic heterocycles. The summed E-state index contributed by atoms with van der Waals surface area (Å²) in [4.78, 5) is 25.9. The number of hydrogen-bond donors (Lipinski definition) is 0. The molecule has 146 valence electrons. The summed E-state index contributed by atoms with van der Waals surface area (Å²) in [6, 6.07) is 0. The van der Waals surface area contributed by atoms with Crippen LogP contribution >= 0.6 is 0 Å². The summed E-state index contributed by atoms with van der Waals surface area (Å²) in [6.07, 6.45) is 19.7. The predicted octanol–water partition coefficient (Wildman–Crippen LogP) is 6.29. The number of terminal acetylenes is 1. The highest BCUT2D eigenvalue weighted by atomic mass is 16.1. The first-order valence-corrected chi connectivity index (χ1v) is 10.4. The lowest BCUT2D eigenvalue weighted by Gasteiger charge is -2.33. The molecule has 1 unspecified atom stereocenters. The maximum atomic E-state index is 13.1. The largest absolute Gasteiger partial charge is 0.299 e. The molecule has 1 aliphatic rings. The van der Waals surface area contributed by atoms with Crippen LogP contribution in [-0.4, -0.2) is 11.6 Å². The van der Waals surface area contributed by atoms with Crippen LogP contribution in [0.3, 0.4) is 0 Å². The Balaban J connectivity index is 2.89. The molecule has 0 bridgehead atoms. The molecule has 0 aromatic carbocycles. The van der Waals surface area contributed by atoms with Gasteiger partial charge in [-0.1, -0.05) is 52.7 Å². The Labute approximate surface area is 161 Å². The fraction of sp³-hybridized carbons (Fsp3) is 0.750. The zero-order valence-corrected chi connectivity index (χ0v) is 17.4. The van der Waals surface area contributed by atoms with Crippen molar-refractivity contribution in [1.82, 2.24) is 0 Å². The van der Waals surface area contributed by atoms with Crippen molar-refractivity contribution in [3.05, 3.63) is 12.2 Å². The molecule has 0 saturated carbocycles. The number of carbonyl (C=O) groups excluding carboxylic acids is 2. The summed E-state index contributed by atoms with van der Waals surface area (Å²) in [5, 5.41) is 0. The minimum atomic E-state index is -0.462. The molecule has 0 N–H and O–H groups in total. The van der Waals surface area contributed by atoms with E-state index in [1.165, 1.54) is 12.8 Å². The molecule has 2 nitrogen and oxygen atoms in total. The van der Waals surface area contributed by atoms with Crippen molar-refractivity contribution >= 4 is 11.6 Å². The first-order chi connectivity index (χ1) is 12.2. The number of allylic oxidation sites excluding steroid dienone is 2. The van der Waals surface area contributed by atoms with Gasteiger partial charge < -0.3 is 0 Å². The summed E-state index contributed by atoms with van der Waals surface area (Å²) >= 11 is 0. The second-order valence-corrected chi connectivity index (χ2v) is 9.15. The smallest absolute Gasteiger partial charge is 0.144 e. The Morgan fingerprint density at radius 3 is 2.35 bits per heavy atom. The van der Waals surface area contributed by atoms with Crippen molar-refractivity contribution in [3.63, 3.8) is 0 Å². The van der Waals surface area contributed by atoms with E-state index in [1.54, 1.807) is 0 Å². The van der Waals surface area contributed by atoms with Crippen molar-refractivity contribution in [1.29, 1.82) is 0 Å². The van der Waals surface area contributed by atoms with Gasteiger partial charge in [-0.25, -0.2) is 0 Å². The molecule has 0 radical (unpaired) electrons. The normalized spacial score (nSPS) is 26.8. The Kier molecular flexibility index (Phi) is 9.34. The van der Waals surface area contributed by atoms with Crippen molar-refractivity contribution < 1.29 is 9.59 Å². The quantitative estimate of drug-likeness (QED) is 0.429. The third kappa shape index (κ3) is 7.48. The molecule has 0 aliphatic heterocycles. The van der Waals surface area contributed by atoms with Crippen LogP contribution in [0.2, 0.25) is 0 Å². The Bertz CT molecular complexity index is 531. The highest BCUT2D eigenvalue weighted by Gasteiger charge is 2.38. The van der Waals surface area contributed by atoms with E-state index < -0.39 is 5.41 Å². The van der Waals surface area contributed by atoms with Crippen molar-refractivity contribution in [2.75, 3.05) is 0 Å². The predicted molar refractivity (Wildman–Crippen MR) is 110 cm³/mol. The summed E-state index contributed by atoms with van der Waals surface area (Å²) < 4.78 is 0. The Morgan fingerprint density at radius 2 is 1.65 bits per heavy atom. The lowest BCUT2D eigenvalue weighted by molar-refractivity contribution is -0.137. The highest BCUT2D eigenvalue weighted by molar-refractivity contribution is 5.90. The third-order valence-electron chi connectivity index (χ3n) is 5.84. The van der Waals surface area contributed by atoms with Crippen LogP contribution in [0.4, 0.5) is 0 Å². The molecule has 1 aliphatic carbocycles. The first-order valence-electron chi connectivity index (χ1n) is 10.4. The van der Waals surface area contributed by atoms with Gasteiger partial charge >= 0.3 is 0 Å². The van der Waals surface area contributed by atoms with E-state index in [1.807, 2.05) is 27.7 Å². The van der Waals surface area contributed by atoms with Gasteiger partial charge in [0.05, 0.1) is 0 Å². The molecular formula is C24H38O2. The molecule has 1 rings (SSSR count). The number of carbonyl (C=O) groups is 2. The van der Waals surface area contributed by atoms with E-state index in [-0.39, 0.29) is 17.1 Å². The zero-order valence-electron chi connectivity index (χ0n) is 17.4. The van der Waals surface area contributed by atoms with Crippen molar-refractivity contribution in [2.24, 2.45) is 16.7 Å². The van der Waals surface area contributed by atoms with Crippen molar-refractivity contribution in [2.45, 2.75) is 98.3 Å². The molecule has 0 aromatic rings. The van der Waals surface area contributed by atoms with Crippen LogP contribution in [0.15, 0.2) is 12.2 Å². The fourth-order valence-electron chi connectivity index (χ4n) is 4.02. The van der Waals surface area contributed by atoms with Crippen molar-refractivity contribution in [3.8, 4) is 12.3 Å². The minimum absolute atomic E-state index is 0.0633. The Hall–Kier alpha value is -1.36. The van der Waals surface area contributed by atoms with E-state index >= 15 is 0 Å². The van der Waals surface area contributed by atoms with Crippen LogP contribution in [0.1, 0.15) is 98.3 Å². The zero-order chi connectivity index (χ0) is 19.6. The van der Waals surface area contributed by atoms with Gasteiger partial charge in [0, 0.05) is 29.6 Å². The van der Waals surface area contributed by atoms with E-state index in [4.69, 9.17) is 6.42 Å². The summed E-state index contributed by atoms with van der Waals surface area (Å²) in [5.41, 5.74) is -0.812. The standard InChI is InChI=1S/C24H38O2/c1-6-7-15-20-16-13-11-9-8-10-12-14-18-23(2,3)22(26)24(4,5)19-17-21(20)25/h1,10,12,20H,7-9,11,13-19H2,2-5H3/b12-10+. The maximum Gasteiger partial charge on any atom is 0.144 e. The van der Waals surface area contributed by atoms with E-state index in [0.717, 1.165) is 38.5 Å². The second-order valence-electron chi connectivity index (χ2n) is 9.15. The summed E-state index contributed by atoms with van der Waals surface area (Å²) in [6.45, 7) is 8.09. The monoisotopic (exact) mass is 358 g/mol. The van der Waals surface area contributed by atoms with Gasteiger partial charge in [0.15, 0.2) is 0 Å². The molecule has 26 heavy (non-hydrogen) atoms. The summed E-state index contributed by atoms with van der Waals surface area (Å²) in [5.74, 6) is 3.31. The van der Waals surface area contributed by atoms with Crippen LogP contribution in [0.25, 0.3) is 0 Å². The lowest BCUT2D eigenvalue weighted by Crippen LogP contribution is -2.37. The number of hydrogen-bond acceptors (Lipinski definition) is 2. The van der Waals surface area contributed by atoms with Gasteiger partial charge in [0.1, 0.15) is 11.6 Å². The van der Waals surface area contributed by atoms with E-state index in [2.05, 4.69) is 18.1 Å². The molecule has 1 atom stereocenters. The fourth-order valence-corrected chi connectivity index (χ4v) is 4.02. The molecule has 0 fully saturated rings. The lowest BCUT2D eigenvalue weighted by atomic mass is 9.69. The van der Waals surface area contributed by atoms with E-state index in [9.17, 15) is 9.59 Å². The minimum Gasteiger partial charge on any atom is -0.299 e. The van der Waals surface area contributed by atoms with Crippen LogP contribution < -0.4 is 0 Å². The summed E-state index contributed by atoms with van der Waals surface area (Å²) in [7, 11) is 0. The van der Waals surface area contributed by atoms with Gasteiger partial charge in [0.2, 0.25) is 0 Å².